The molecule has 0 unspecified atom stereocenters. The van der Waals surface area contributed by atoms with Crippen molar-refractivity contribution in [2.45, 2.75) is 19.8 Å². The number of rotatable bonds is 9. The van der Waals surface area contributed by atoms with E-state index in [2.05, 4.69) is 16.3 Å². The van der Waals surface area contributed by atoms with Gasteiger partial charge in [0.2, 0.25) is 0 Å². The van der Waals surface area contributed by atoms with Gasteiger partial charge in [0.25, 0.3) is 0 Å². The number of nitrogen functional groups attached to an aromatic ring is 1. The lowest BCUT2D eigenvalue weighted by Gasteiger charge is -2.26. The number of hydrogen-bond acceptors (Lipinski definition) is 5. The summed E-state index contributed by atoms with van der Waals surface area (Å²) in [4.78, 5) is 2.45. The van der Waals surface area contributed by atoms with E-state index in [0.29, 0.717) is 6.61 Å². The van der Waals surface area contributed by atoms with Crippen LogP contribution in [0.25, 0.3) is 0 Å². The Morgan fingerprint density at radius 1 is 1.27 bits per heavy atom. The molecule has 1 aliphatic heterocycles. The molecule has 5 nitrogen and oxygen atoms in total. The lowest BCUT2D eigenvalue weighted by atomic mass is 10.1. The van der Waals surface area contributed by atoms with E-state index in [9.17, 15) is 0 Å². The summed E-state index contributed by atoms with van der Waals surface area (Å²) in [7, 11) is 0. The first-order chi connectivity index (χ1) is 10.8. The van der Waals surface area contributed by atoms with Crippen LogP contribution in [0.4, 0.5) is 5.69 Å². The Balaban J connectivity index is 1.57. The number of benzene rings is 1. The molecule has 2 rings (SSSR count). The second kappa shape index (κ2) is 9.66. The molecule has 1 heterocycles. The maximum atomic E-state index is 5.99. The number of nitrogens with two attached hydrogens (primary N) is 1. The molecule has 1 fully saturated rings. The fourth-order valence-corrected chi connectivity index (χ4v) is 2.64. The topological polar surface area (TPSA) is 59.8 Å². The number of aryl methyl sites for hydroxylation is 1. The molecule has 1 aromatic carbocycles. The smallest absolute Gasteiger partial charge is 0.142 e. The van der Waals surface area contributed by atoms with Crippen molar-refractivity contribution in [3.63, 3.8) is 0 Å². The normalized spacial score (nSPS) is 15.9. The van der Waals surface area contributed by atoms with Gasteiger partial charge >= 0.3 is 0 Å². The zero-order valence-electron chi connectivity index (χ0n) is 13.6. The lowest BCUT2D eigenvalue weighted by molar-refractivity contribution is 0.0384. The minimum absolute atomic E-state index is 0.649. The zero-order valence-corrected chi connectivity index (χ0v) is 13.6. The number of nitrogens with one attached hydrogen (secondary N) is 1. The van der Waals surface area contributed by atoms with E-state index in [0.717, 1.165) is 70.2 Å². The van der Waals surface area contributed by atoms with Gasteiger partial charge in [-0.3, -0.25) is 4.90 Å². The summed E-state index contributed by atoms with van der Waals surface area (Å²) < 4.78 is 10.8. The van der Waals surface area contributed by atoms with Gasteiger partial charge in [-0.1, -0.05) is 6.07 Å². The van der Waals surface area contributed by atoms with Crippen molar-refractivity contribution in [2.24, 2.45) is 0 Å². The summed E-state index contributed by atoms with van der Waals surface area (Å²) in [5.41, 5.74) is 8.00. The number of ether oxygens (including phenoxy) is 2. The van der Waals surface area contributed by atoms with E-state index >= 15 is 0 Å². The van der Waals surface area contributed by atoms with Crippen LogP contribution in [0, 0.1) is 0 Å². The van der Waals surface area contributed by atoms with E-state index in [1.165, 1.54) is 5.56 Å². The summed E-state index contributed by atoms with van der Waals surface area (Å²) in [6.07, 6.45) is 2.16. The first kappa shape index (κ1) is 17.1. The summed E-state index contributed by atoms with van der Waals surface area (Å²) in [6.45, 7) is 9.69. The minimum atomic E-state index is 0.649. The zero-order chi connectivity index (χ0) is 15.6. The third kappa shape index (κ3) is 5.83. The number of nitrogens with zero attached hydrogens (tertiary/aromatic N) is 1. The molecule has 0 saturated carbocycles. The van der Waals surface area contributed by atoms with Crippen LogP contribution in [-0.2, 0) is 11.2 Å². The van der Waals surface area contributed by atoms with Crippen molar-refractivity contribution in [3.05, 3.63) is 23.8 Å². The molecule has 5 heteroatoms. The highest BCUT2D eigenvalue weighted by Crippen LogP contribution is 2.22. The summed E-state index contributed by atoms with van der Waals surface area (Å²) in [5.74, 6) is 0.787. The van der Waals surface area contributed by atoms with Gasteiger partial charge in [0.1, 0.15) is 5.75 Å². The molecule has 0 spiro atoms. The van der Waals surface area contributed by atoms with Crippen LogP contribution in [0.15, 0.2) is 18.2 Å². The van der Waals surface area contributed by atoms with E-state index in [-0.39, 0.29) is 0 Å². The van der Waals surface area contributed by atoms with Gasteiger partial charge in [0.05, 0.1) is 25.5 Å². The summed E-state index contributed by atoms with van der Waals surface area (Å²) in [6, 6.07) is 6.10. The van der Waals surface area contributed by atoms with Crippen molar-refractivity contribution in [2.75, 3.05) is 58.3 Å². The Hall–Kier alpha value is -1.30. The van der Waals surface area contributed by atoms with Crippen molar-refractivity contribution < 1.29 is 9.47 Å². The van der Waals surface area contributed by atoms with E-state index < -0.39 is 0 Å². The Labute approximate surface area is 133 Å². The van der Waals surface area contributed by atoms with Crippen LogP contribution >= 0.6 is 0 Å². The van der Waals surface area contributed by atoms with Gasteiger partial charge in [-0.25, -0.2) is 0 Å². The van der Waals surface area contributed by atoms with Gasteiger partial charge in [0.15, 0.2) is 0 Å². The molecule has 1 aromatic rings. The van der Waals surface area contributed by atoms with Crippen LogP contribution in [0.3, 0.4) is 0 Å². The van der Waals surface area contributed by atoms with Crippen LogP contribution < -0.4 is 15.8 Å². The maximum Gasteiger partial charge on any atom is 0.142 e. The van der Waals surface area contributed by atoms with Gasteiger partial charge in [-0.15, -0.1) is 0 Å². The SMILES string of the molecule is CCOc1ccc(CCCNCCN2CCOCC2)cc1N. The fraction of sp³-hybridized carbons (Fsp3) is 0.647. The molecule has 0 radical (unpaired) electrons. The van der Waals surface area contributed by atoms with Crippen LogP contribution in [-0.4, -0.2) is 57.4 Å². The largest absolute Gasteiger partial charge is 0.492 e. The lowest BCUT2D eigenvalue weighted by Crippen LogP contribution is -2.40. The molecule has 1 aliphatic rings. The van der Waals surface area contributed by atoms with Gasteiger partial charge in [-0.2, -0.15) is 0 Å². The molecule has 0 amide bonds. The molecule has 0 atom stereocenters. The standard InChI is InChI=1S/C17H29N3O2/c1-2-22-17-6-5-15(14-16(17)18)4-3-7-19-8-9-20-10-12-21-13-11-20/h5-6,14,19H,2-4,7-13,18H2,1H3. The monoisotopic (exact) mass is 307 g/mol. The van der Waals surface area contributed by atoms with Gasteiger partial charge in [-0.05, 0) is 44.0 Å². The highest BCUT2D eigenvalue weighted by atomic mass is 16.5. The molecular weight excluding hydrogens is 278 g/mol. The Kier molecular flexibility index (Phi) is 7.49. The predicted molar refractivity (Wildman–Crippen MR) is 90.5 cm³/mol. The van der Waals surface area contributed by atoms with E-state index in [1.807, 2.05) is 19.1 Å². The first-order valence-electron chi connectivity index (χ1n) is 8.31. The molecular formula is C17H29N3O2. The molecule has 0 aromatic heterocycles. The highest BCUT2D eigenvalue weighted by molar-refractivity contribution is 5.54. The highest BCUT2D eigenvalue weighted by Gasteiger charge is 2.08. The Morgan fingerprint density at radius 3 is 2.82 bits per heavy atom. The third-order valence-electron chi connectivity index (χ3n) is 3.90. The Bertz CT molecular complexity index is 434. The maximum absolute atomic E-state index is 5.99. The van der Waals surface area contributed by atoms with Crippen LogP contribution in [0.1, 0.15) is 18.9 Å². The molecule has 0 bridgehead atoms. The molecule has 124 valence electrons. The van der Waals surface area contributed by atoms with Crippen molar-refractivity contribution in [1.29, 1.82) is 0 Å². The van der Waals surface area contributed by atoms with Gasteiger partial charge in [0, 0.05) is 26.2 Å². The second-order valence-corrected chi connectivity index (χ2v) is 5.61. The van der Waals surface area contributed by atoms with Crippen molar-refractivity contribution in [1.82, 2.24) is 10.2 Å². The van der Waals surface area contributed by atoms with E-state index in [1.54, 1.807) is 0 Å². The van der Waals surface area contributed by atoms with Crippen molar-refractivity contribution in [3.8, 4) is 5.75 Å². The summed E-state index contributed by atoms with van der Waals surface area (Å²) >= 11 is 0. The number of hydrogen-bond donors (Lipinski definition) is 2. The molecule has 0 aliphatic carbocycles. The van der Waals surface area contributed by atoms with Crippen molar-refractivity contribution >= 4 is 5.69 Å². The molecule has 3 N–H and O–H groups in total. The molecule has 22 heavy (non-hydrogen) atoms. The fourth-order valence-electron chi connectivity index (χ4n) is 2.64. The average molecular weight is 307 g/mol. The first-order valence-corrected chi connectivity index (χ1v) is 8.31. The predicted octanol–water partition coefficient (Wildman–Crippen LogP) is 1.52. The third-order valence-corrected chi connectivity index (χ3v) is 3.90. The second-order valence-electron chi connectivity index (χ2n) is 5.61. The average Bonchev–Trinajstić information content (AvgIpc) is 2.54. The number of morpholine rings is 1. The molecule has 1 saturated heterocycles. The Morgan fingerprint density at radius 2 is 2.09 bits per heavy atom. The van der Waals surface area contributed by atoms with E-state index in [4.69, 9.17) is 15.2 Å². The number of anilines is 1. The summed E-state index contributed by atoms with van der Waals surface area (Å²) in [5, 5.41) is 3.51. The van der Waals surface area contributed by atoms with Gasteiger partial charge < -0.3 is 20.5 Å². The van der Waals surface area contributed by atoms with Crippen LogP contribution in [0.5, 0.6) is 5.75 Å². The quantitative estimate of drug-likeness (QED) is 0.535. The van der Waals surface area contributed by atoms with Crippen LogP contribution in [0.2, 0.25) is 0 Å². The minimum Gasteiger partial charge on any atom is -0.492 e.